The number of nitrogens with zero attached hydrogens (tertiary/aromatic N) is 2. The van der Waals surface area contributed by atoms with Crippen LogP contribution in [-0.4, -0.2) is 16.3 Å². The second-order valence-electron chi connectivity index (χ2n) is 4.61. The molecular formula is C14H21N3. The van der Waals surface area contributed by atoms with Crippen molar-refractivity contribution in [2.45, 2.75) is 51.6 Å². The third-order valence-corrected chi connectivity index (χ3v) is 3.31. The van der Waals surface area contributed by atoms with Gasteiger partial charge in [-0.15, -0.1) is 5.92 Å². The van der Waals surface area contributed by atoms with E-state index in [1.807, 2.05) is 6.92 Å². The summed E-state index contributed by atoms with van der Waals surface area (Å²) in [6, 6.07) is 2.74. The minimum atomic E-state index is 0.632. The summed E-state index contributed by atoms with van der Waals surface area (Å²) in [7, 11) is 0. The first kappa shape index (κ1) is 12.2. The molecule has 1 aliphatic carbocycles. The van der Waals surface area contributed by atoms with Gasteiger partial charge in [0.2, 0.25) is 0 Å². The maximum Gasteiger partial charge on any atom is 0.0762 e. The monoisotopic (exact) mass is 231 g/mol. The normalized spacial score (nSPS) is 16.5. The van der Waals surface area contributed by atoms with Gasteiger partial charge in [0.1, 0.15) is 0 Å². The van der Waals surface area contributed by atoms with E-state index in [1.165, 1.54) is 32.1 Å². The molecule has 0 aliphatic heterocycles. The average molecular weight is 231 g/mol. The molecule has 0 saturated heterocycles. The first-order valence-electron chi connectivity index (χ1n) is 6.54. The lowest BCUT2D eigenvalue weighted by Gasteiger charge is -2.21. The molecule has 0 unspecified atom stereocenters. The Labute approximate surface area is 104 Å². The van der Waals surface area contributed by atoms with Crippen LogP contribution in [0.2, 0.25) is 0 Å². The topological polar surface area (TPSA) is 29.9 Å². The molecule has 0 amide bonds. The van der Waals surface area contributed by atoms with Crippen molar-refractivity contribution in [2.75, 3.05) is 6.54 Å². The Kier molecular flexibility index (Phi) is 4.63. The molecule has 1 fully saturated rings. The third-order valence-electron chi connectivity index (χ3n) is 3.31. The summed E-state index contributed by atoms with van der Waals surface area (Å²) >= 11 is 0. The number of nitrogens with one attached hydrogen (secondary N) is 1. The van der Waals surface area contributed by atoms with Gasteiger partial charge in [-0.05, 0) is 25.8 Å². The Morgan fingerprint density at radius 3 is 3.00 bits per heavy atom. The highest BCUT2D eigenvalue weighted by Crippen LogP contribution is 2.27. The first-order chi connectivity index (χ1) is 8.40. The van der Waals surface area contributed by atoms with E-state index in [9.17, 15) is 0 Å². The predicted octanol–water partition coefficient (Wildman–Crippen LogP) is 2.50. The van der Waals surface area contributed by atoms with E-state index < -0.39 is 0 Å². The van der Waals surface area contributed by atoms with E-state index in [2.05, 4.69) is 39.2 Å². The number of aromatic nitrogens is 2. The fraction of sp³-hybridized carbons (Fsp3) is 0.643. The van der Waals surface area contributed by atoms with Crippen molar-refractivity contribution in [1.29, 1.82) is 0 Å². The van der Waals surface area contributed by atoms with Crippen LogP contribution in [-0.2, 0) is 6.54 Å². The van der Waals surface area contributed by atoms with Gasteiger partial charge in [0, 0.05) is 12.7 Å². The molecule has 0 bridgehead atoms. The van der Waals surface area contributed by atoms with Gasteiger partial charge in [0.25, 0.3) is 0 Å². The summed E-state index contributed by atoms with van der Waals surface area (Å²) in [4.78, 5) is 0. The predicted molar refractivity (Wildman–Crippen MR) is 69.5 cm³/mol. The second-order valence-corrected chi connectivity index (χ2v) is 4.61. The minimum Gasteiger partial charge on any atom is -0.300 e. The van der Waals surface area contributed by atoms with Gasteiger partial charge < -0.3 is 5.32 Å². The molecule has 1 N–H and O–H groups in total. The highest BCUT2D eigenvalue weighted by Gasteiger charge is 2.15. The molecule has 0 radical (unpaired) electrons. The third kappa shape index (κ3) is 3.61. The Balaban J connectivity index is 1.83. The van der Waals surface area contributed by atoms with E-state index in [0.29, 0.717) is 6.04 Å². The highest BCUT2D eigenvalue weighted by atomic mass is 15.3. The zero-order valence-electron chi connectivity index (χ0n) is 10.6. The van der Waals surface area contributed by atoms with Gasteiger partial charge in [0.15, 0.2) is 0 Å². The Morgan fingerprint density at radius 1 is 1.41 bits per heavy atom. The summed E-state index contributed by atoms with van der Waals surface area (Å²) in [6.07, 6.45) is 8.79. The summed E-state index contributed by atoms with van der Waals surface area (Å²) < 4.78 is 2.15. The molecule has 1 heterocycles. The molecule has 3 heteroatoms. The molecule has 17 heavy (non-hydrogen) atoms. The van der Waals surface area contributed by atoms with Crippen molar-refractivity contribution in [3.05, 3.63) is 18.0 Å². The quantitative estimate of drug-likeness (QED) is 0.637. The highest BCUT2D eigenvalue weighted by molar-refractivity contribution is 5.02. The number of rotatable bonds is 4. The standard InChI is InChI=1S/C14H21N3/c1-2-3-10-15-12-13-9-11-17(16-13)14-7-5-4-6-8-14/h9,11,14-15H,4-8,10,12H2,1H3. The van der Waals surface area contributed by atoms with E-state index in [4.69, 9.17) is 0 Å². The molecule has 1 saturated carbocycles. The Bertz CT molecular complexity index is 391. The van der Waals surface area contributed by atoms with Gasteiger partial charge in [0.05, 0.1) is 18.3 Å². The SMILES string of the molecule is CC#CCNCc1ccn(C2CCCCC2)n1. The van der Waals surface area contributed by atoms with Gasteiger partial charge in [-0.2, -0.15) is 5.10 Å². The van der Waals surface area contributed by atoms with E-state index in [0.717, 1.165) is 18.8 Å². The molecule has 0 aromatic carbocycles. The lowest BCUT2D eigenvalue weighted by molar-refractivity contribution is 0.328. The van der Waals surface area contributed by atoms with Crippen molar-refractivity contribution in [3.63, 3.8) is 0 Å². The number of hydrogen-bond acceptors (Lipinski definition) is 2. The van der Waals surface area contributed by atoms with E-state index in [-0.39, 0.29) is 0 Å². The van der Waals surface area contributed by atoms with Crippen molar-refractivity contribution < 1.29 is 0 Å². The van der Waals surface area contributed by atoms with Crippen LogP contribution in [0.4, 0.5) is 0 Å². The van der Waals surface area contributed by atoms with Crippen LogP contribution in [0.15, 0.2) is 12.3 Å². The van der Waals surface area contributed by atoms with Crippen LogP contribution in [0.3, 0.4) is 0 Å². The molecule has 0 atom stereocenters. The molecule has 3 nitrogen and oxygen atoms in total. The summed E-state index contributed by atoms with van der Waals surface area (Å²) in [5.41, 5.74) is 1.12. The number of hydrogen-bond donors (Lipinski definition) is 1. The van der Waals surface area contributed by atoms with Crippen LogP contribution < -0.4 is 5.32 Å². The summed E-state index contributed by atoms with van der Waals surface area (Å²) in [5, 5.41) is 7.91. The van der Waals surface area contributed by atoms with E-state index in [1.54, 1.807) is 0 Å². The lowest BCUT2D eigenvalue weighted by atomic mass is 9.96. The van der Waals surface area contributed by atoms with E-state index >= 15 is 0 Å². The molecule has 1 aliphatic rings. The fourth-order valence-corrected chi connectivity index (χ4v) is 2.36. The van der Waals surface area contributed by atoms with Crippen molar-refractivity contribution in [1.82, 2.24) is 15.1 Å². The smallest absolute Gasteiger partial charge is 0.0762 e. The van der Waals surface area contributed by atoms with Crippen LogP contribution in [0, 0.1) is 11.8 Å². The lowest BCUT2D eigenvalue weighted by Crippen LogP contribution is -2.16. The van der Waals surface area contributed by atoms with Gasteiger partial charge >= 0.3 is 0 Å². The van der Waals surface area contributed by atoms with Crippen molar-refractivity contribution in [3.8, 4) is 11.8 Å². The largest absolute Gasteiger partial charge is 0.300 e. The summed E-state index contributed by atoms with van der Waals surface area (Å²) in [5.74, 6) is 5.87. The molecule has 92 valence electrons. The van der Waals surface area contributed by atoms with Crippen molar-refractivity contribution >= 4 is 0 Å². The first-order valence-corrected chi connectivity index (χ1v) is 6.54. The van der Waals surface area contributed by atoms with Crippen molar-refractivity contribution in [2.24, 2.45) is 0 Å². The summed E-state index contributed by atoms with van der Waals surface area (Å²) in [6.45, 7) is 3.42. The Morgan fingerprint density at radius 2 is 2.24 bits per heavy atom. The van der Waals surface area contributed by atoms with Crippen LogP contribution in [0.1, 0.15) is 50.8 Å². The van der Waals surface area contributed by atoms with Crippen LogP contribution in [0.5, 0.6) is 0 Å². The van der Waals surface area contributed by atoms with Gasteiger partial charge in [-0.3, -0.25) is 4.68 Å². The molecule has 1 aromatic heterocycles. The minimum absolute atomic E-state index is 0.632. The molecule has 0 spiro atoms. The molecular weight excluding hydrogens is 210 g/mol. The molecule has 2 rings (SSSR count). The fourth-order valence-electron chi connectivity index (χ4n) is 2.36. The van der Waals surface area contributed by atoms with Gasteiger partial charge in [-0.1, -0.05) is 25.2 Å². The maximum atomic E-state index is 4.64. The molecule has 1 aromatic rings. The van der Waals surface area contributed by atoms with Crippen LogP contribution in [0.25, 0.3) is 0 Å². The Hall–Kier alpha value is -1.27. The van der Waals surface area contributed by atoms with Crippen LogP contribution >= 0.6 is 0 Å². The zero-order valence-corrected chi connectivity index (χ0v) is 10.6. The second kappa shape index (κ2) is 6.46. The maximum absolute atomic E-state index is 4.64. The average Bonchev–Trinajstić information content (AvgIpc) is 2.85. The zero-order chi connectivity index (χ0) is 11.9. The van der Waals surface area contributed by atoms with Gasteiger partial charge in [-0.25, -0.2) is 0 Å².